The van der Waals surface area contributed by atoms with Crippen LogP contribution in [-0.2, 0) is 26.3 Å². The smallest absolute Gasteiger partial charge is 0.410 e. The number of ether oxygens (including phenoxy) is 2. The Morgan fingerprint density at radius 1 is 1.19 bits per heavy atom. The van der Waals surface area contributed by atoms with Gasteiger partial charge in [0.15, 0.2) is 0 Å². The summed E-state index contributed by atoms with van der Waals surface area (Å²) in [6, 6.07) is 14.8. The quantitative estimate of drug-likeness (QED) is 0.752. The number of fused-ring (bicyclic) bond motifs is 2. The fourth-order valence-electron chi connectivity index (χ4n) is 4.30. The van der Waals surface area contributed by atoms with Crippen molar-refractivity contribution >= 4 is 23.6 Å². The Morgan fingerprint density at radius 2 is 2.00 bits per heavy atom. The van der Waals surface area contributed by atoms with Gasteiger partial charge < -0.3 is 25.0 Å². The number of benzene rings is 2. The molecule has 2 aromatic carbocycles. The van der Waals surface area contributed by atoms with Crippen molar-refractivity contribution < 1.29 is 23.9 Å². The predicted octanol–water partition coefficient (Wildman–Crippen LogP) is 2.44. The first kappa shape index (κ1) is 20.5. The van der Waals surface area contributed by atoms with Crippen molar-refractivity contribution in [3.8, 4) is 0 Å². The molecular formula is C24H25N3O5. The van der Waals surface area contributed by atoms with Gasteiger partial charge in [0.1, 0.15) is 6.61 Å². The molecule has 1 unspecified atom stereocenters. The van der Waals surface area contributed by atoms with Crippen molar-refractivity contribution in [2.24, 2.45) is 0 Å². The maximum Gasteiger partial charge on any atom is 0.410 e. The van der Waals surface area contributed by atoms with E-state index >= 15 is 0 Å². The van der Waals surface area contributed by atoms with Gasteiger partial charge in [-0.05, 0) is 42.2 Å². The molecule has 2 heterocycles. The van der Waals surface area contributed by atoms with Gasteiger partial charge in [-0.2, -0.15) is 0 Å². The molecule has 2 aromatic rings. The molecule has 0 radical (unpaired) electrons. The van der Waals surface area contributed by atoms with Crippen LogP contribution in [0.15, 0.2) is 48.5 Å². The van der Waals surface area contributed by atoms with Crippen molar-refractivity contribution in [1.29, 1.82) is 0 Å². The number of carbonyl (C=O) groups is 3. The first-order valence-electron chi connectivity index (χ1n) is 10.9. The lowest BCUT2D eigenvalue weighted by atomic mass is 9.96. The molecule has 3 aliphatic rings. The SMILES string of the molecule is O=C(NCC1CN(C(=O)OCc2ccccc2)CCO1)c1ccc2c(c1)C1(CC1)C(=O)N2. The molecule has 8 nitrogen and oxygen atoms in total. The van der Waals surface area contributed by atoms with E-state index in [1.54, 1.807) is 17.0 Å². The summed E-state index contributed by atoms with van der Waals surface area (Å²) in [5, 5.41) is 5.78. The maximum atomic E-state index is 12.7. The zero-order valence-electron chi connectivity index (χ0n) is 17.6. The van der Waals surface area contributed by atoms with E-state index in [0.29, 0.717) is 25.3 Å². The van der Waals surface area contributed by atoms with Gasteiger partial charge in [-0.3, -0.25) is 9.59 Å². The number of carbonyl (C=O) groups excluding carboxylic acids is 3. The van der Waals surface area contributed by atoms with E-state index in [-0.39, 0.29) is 37.2 Å². The molecule has 0 aromatic heterocycles. The minimum atomic E-state index is -0.432. The van der Waals surface area contributed by atoms with Crippen LogP contribution >= 0.6 is 0 Å². The molecule has 1 aliphatic carbocycles. The first-order chi connectivity index (χ1) is 15.5. The largest absolute Gasteiger partial charge is 0.445 e. The molecule has 32 heavy (non-hydrogen) atoms. The second kappa shape index (κ2) is 8.27. The maximum absolute atomic E-state index is 12.7. The molecule has 1 spiro atoms. The van der Waals surface area contributed by atoms with Crippen LogP contribution in [-0.4, -0.2) is 55.2 Å². The topological polar surface area (TPSA) is 97.0 Å². The molecule has 166 valence electrons. The average Bonchev–Trinajstić information content (AvgIpc) is 3.59. The van der Waals surface area contributed by atoms with Crippen LogP contribution in [0.4, 0.5) is 10.5 Å². The Morgan fingerprint density at radius 3 is 2.78 bits per heavy atom. The summed E-state index contributed by atoms with van der Waals surface area (Å²) in [7, 11) is 0. The Hall–Kier alpha value is -3.39. The van der Waals surface area contributed by atoms with Gasteiger partial charge in [0, 0.05) is 24.3 Å². The Kier molecular flexibility index (Phi) is 5.30. The summed E-state index contributed by atoms with van der Waals surface area (Å²) in [4.78, 5) is 38.9. The van der Waals surface area contributed by atoms with E-state index in [0.717, 1.165) is 29.7 Å². The van der Waals surface area contributed by atoms with Gasteiger partial charge in [0.05, 0.1) is 24.7 Å². The standard InChI is InChI=1S/C24H25N3O5/c28-21(17-6-7-20-19(12-17)24(8-9-24)22(29)26-20)25-13-18-14-27(10-11-31-18)23(30)32-15-16-4-2-1-3-5-16/h1-7,12,18H,8-11,13-15H2,(H,25,28)(H,26,29). The van der Waals surface area contributed by atoms with E-state index in [2.05, 4.69) is 10.6 Å². The molecule has 3 amide bonds. The van der Waals surface area contributed by atoms with Crippen LogP contribution in [0.2, 0.25) is 0 Å². The van der Waals surface area contributed by atoms with Crippen molar-refractivity contribution in [2.45, 2.75) is 31.0 Å². The fourth-order valence-corrected chi connectivity index (χ4v) is 4.30. The average molecular weight is 435 g/mol. The molecule has 1 saturated carbocycles. The molecule has 5 rings (SSSR count). The molecule has 2 N–H and O–H groups in total. The number of anilines is 1. The van der Waals surface area contributed by atoms with Crippen LogP contribution in [0, 0.1) is 0 Å². The van der Waals surface area contributed by atoms with Gasteiger partial charge in [0.25, 0.3) is 5.91 Å². The summed E-state index contributed by atoms with van der Waals surface area (Å²) in [5.74, 6) is -0.199. The normalized spacial score (nSPS) is 20.4. The van der Waals surface area contributed by atoms with Gasteiger partial charge in [-0.1, -0.05) is 30.3 Å². The zero-order chi connectivity index (χ0) is 22.1. The number of hydrogen-bond acceptors (Lipinski definition) is 5. The van der Waals surface area contributed by atoms with E-state index in [1.807, 2.05) is 36.4 Å². The Balaban J connectivity index is 1.13. The van der Waals surface area contributed by atoms with Crippen molar-refractivity contribution in [3.63, 3.8) is 0 Å². The number of nitrogens with zero attached hydrogens (tertiary/aromatic N) is 1. The fraction of sp³-hybridized carbons (Fsp3) is 0.375. The van der Waals surface area contributed by atoms with Gasteiger partial charge in [0.2, 0.25) is 5.91 Å². The van der Waals surface area contributed by atoms with Crippen LogP contribution in [0.3, 0.4) is 0 Å². The summed E-state index contributed by atoms with van der Waals surface area (Å²) in [6.45, 7) is 1.68. The summed E-state index contributed by atoms with van der Waals surface area (Å²) in [5.41, 5.74) is 2.72. The van der Waals surface area contributed by atoms with E-state index in [4.69, 9.17) is 9.47 Å². The lowest BCUT2D eigenvalue weighted by Gasteiger charge is -2.32. The monoisotopic (exact) mass is 435 g/mol. The Bertz CT molecular complexity index is 1050. The lowest BCUT2D eigenvalue weighted by molar-refractivity contribution is -0.117. The predicted molar refractivity (Wildman–Crippen MR) is 116 cm³/mol. The zero-order valence-corrected chi connectivity index (χ0v) is 17.6. The number of amides is 3. The minimum absolute atomic E-state index is 0.0277. The third kappa shape index (κ3) is 3.93. The number of morpholine rings is 1. The molecule has 2 aliphatic heterocycles. The van der Waals surface area contributed by atoms with Crippen molar-refractivity contribution in [2.75, 3.05) is 31.6 Å². The number of hydrogen-bond donors (Lipinski definition) is 2. The highest BCUT2D eigenvalue weighted by molar-refractivity contribution is 6.09. The second-order valence-electron chi connectivity index (χ2n) is 8.49. The third-order valence-corrected chi connectivity index (χ3v) is 6.32. The van der Waals surface area contributed by atoms with E-state index < -0.39 is 5.41 Å². The van der Waals surface area contributed by atoms with Crippen LogP contribution < -0.4 is 10.6 Å². The Labute approximate surface area is 185 Å². The molecular weight excluding hydrogens is 410 g/mol. The third-order valence-electron chi connectivity index (χ3n) is 6.32. The second-order valence-corrected chi connectivity index (χ2v) is 8.49. The first-order valence-corrected chi connectivity index (χ1v) is 10.9. The van der Waals surface area contributed by atoms with Crippen molar-refractivity contribution in [3.05, 3.63) is 65.2 Å². The lowest BCUT2D eigenvalue weighted by Crippen LogP contribution is -2.49. The molecule has 1 saturated heterocycles. The molecule has 0 bridgehead atoms. The summed E-state index contributed by atoms with van der Waals surface area (Å²) in [6.07, 6.45) is 0.940. The minimum Gasteiger partial charge on any atom is -0.445 e. The highest BCUT2D eigenvalue weighted by Gasteiger charge is 2.56. The van der Waals surface area contributed by atoms with Crippen LogP contribution in [0.5, 0.6) is 0 Å². The van der Waals surface area contributed by atoms with Crippen LogP contribution in [0.1, 0.15) is 34.3 Å². The highest BCUT2D eigenvalue weighted by atomic mass is 16.6. The van der Waals surface area contributed by atoms with Crippen LogP contribution in [0.25, 0.3) is 0 Å². The molecule has 1 atom stereocenters. The highest BCUT2D eigenvalue weighted by Crippen LogP contribution is 2.55. The van der Waals surface area contributed by atoms with Gasteiger partial charge in [-0.25, -0.2) is 4.79 Å². The van der Waals surface area contributed by atoms with Gasteiger partial charge >= 0.3 is 6.09 Å². The van der Waals surface area contributed by atoms with Crippen molar-refractivity contribution in [1.82, 2.24) is 10.2 Å². The van der Waals surface area contributed by atoms with Gasteiger partial charge in [-0.15, -0.1) is 0 Å². The molecule has 8 heteroatoms. The van der Waals surface area contributed by atoms with E-state index in [1.165, 1.54) is 0 Å². The summed E-state index contributed by atoms with van der Waals surface area (Å²) < 4.78 is 11.1. The van der Waals surface area contributed by atoms with E-state index in [9.17, 15) is 14.4 Å². The number of nitrogens with one attached hydrogen (secondary N) is 2. The number of rotatable bonds is 5. The molecule has 2 fully saturated rings. The summed E-state index contributed by atoms with van der Waals surface area (Å²) >= 11 is 0.